The summed E-state index contributed by atoms with van der Waals surface area (Å²) in [6.07, 6.45) is 0. The van der Waals surface area contributed by atoms with Gasteiger partial charge in [-0.2, -0.15) is 13.1 Å². The van der Waals surface area contributed by atoms with Crippen LogP contribution in [0.2, 0.25) is 0 Å². The molecule has 156 valence electrons. The Balaban J connectivity index is 1.66. The van der Waals surface area contributed by atoms with Gasteiger partial charge in [-0.25, -0.2) is 17.2 Å². The third kappa shape index (κ3) is 4.90. The number of nitrogens with zero attached hydrogens (tertiary/aromatic N) is 2. The molecular weight excluding hydrogens is 432 g/mol. The van der Waals surface area contributed by atoms with Crippen molar-refractivity contribution in [3.63, 3.8) is 0 Å². The monoisotopic (exact) mass is 448 g/mol. The van der Waals surface area contributed by atoms with Crippen LogP contribution in [0.4, 0.5) is 17.6 Å². The number of alkyl halides is 2. The first-order valence-corrected chi connectivity index (χ1v) is 10.8. The number of sulfonamides is 1. The minimum absolute atomic E-state index is 0.0514. The number of thioether (sulfide) groups is 1. The average molecular weight is 448 g/mol. The van der Waals surface area contributed by atoms with E-state index >= 15 is 0 Å². The number of carbonyl (C=O) groups is 1. The normalized spacial score (nSPS) is 15.7. The molecule has 1 aliphatic heterocycles. The van der Waals surface area contributed by atoms with Gasteiger partial charge in [-0.1, -0.05) is 11.8 Å². The first-order valence-electron chi connectivity index (χ1n) is 8.48. The number of halogens is 4. The predicted molar refractivity (Wildman–Crippen MR) is 99.3 cm³/mol. The summed E-state index contributed by atoms with van der Waals surface area (Å²) in [7, 11) is -4.16. The van der Waals surface area contributed by atoms with E-state index in [1.807, 2.05) is 0 Å². The molecule has 0 atom stereocenters. The fourth-order valence-electron chi connectivity index (χ4n) is 2.92. The molecule has 1 heterocycles. The minimum atomic E-state index is -4.16. The molecular formula is C18H16F4N2O3S2. The summed E-state index contributed by atoms with van der Waals surface area (Å²) in [6, 6.07) is 7.95. The van der Waals surface area contributed by atoms with E-state index in [4.69, 9.17) is 0 Å². The Morgan fingerprint density at radius 1 is 0.966 bits per heavy atom. The standard InChI is InChI=1S/C18H16F4N2O3S2/c19-13-3-6-16(15(20)11-13)29(26,27)24-9-7-23(8-10-24)17(25)12-1-4-14(5-2-12)28-18(21)22/h1-6,11,18H,7-10H2. The molecule has 1 aliphatic rings. The van der Waals surface area contributed by atoms with Crippen molar-refractivity contribution in [2.45, 2.75) is 15.5 Å². The van der Waals surface area contributed by atoms with Gasteiger partial charge in [0.05, 0.1) is 0 Å². The predicted octanol–water partition coefficient (Wildman–Crippen LogP) is 3.43. The molecule has 0 saturated carbocycles. The highest BCUT2D eigenvalue weighted by Gasteiger charge is 2.32. The second-order valence-corrected chi connectivity index (χ2v) is 9.14. The Bertz CT molecular complexity index is 993. The summed E-state index contributed by atoms with van der Waals surface area (Å²) >= 11 is 0.372. The molecule has 2 aromatic rings. The minimum Gasteiger partial charge on any atom is -0.336 e. The number of piperazine rings is 1. The molecule has 1 amide bonds. The molecule has 5 nitrogen and oxygen atoms in total. The van der Waals surface area contributed by atoms with Crippen LogP contribution in [0.15, 0.2) is 52.3 Å². The fraction of sp³-hybridized carbons (Fsp3) is 0.278. The summed E-state index contributed by atoms with van der Waals surface area (Å²) in [5.74, 6) is -4.97. The SMILES string of the molecule is O=C(c1ccc(SC(F)F)cc1)N1CCN(S(=O)(=O)c2ccc(F)cc2F)CC1. The van der Waals surface area contributed by atoms with E-state index in [1.165, 1.54) is 29.2 Å². The van der Waals surface area contributed by atoms with Crippen LogP contribution in [-0.2, 0) is 10.0 Å². The van der Waals surface area contributed by atoms with Gasteiger partial charge in [0.15, 0.2) is 0 Å². The molecule has 0 spiro atoms. The first kappa shape index (κ1) is 21.6. The zero-order valence-electron chi connectivity index (χ0n) is 14.9. The molecule has 3 rings (SSSR count). The van der Waals surface area contributed by atoms with Crippen molar-refractivity contribution in [3.8, 4) is 0 Å². The summed E-state index contributed by atoms with van der Waals surface area (Å²) in [5, 5.41) is 0. The highest BCUT2D eigenvalue weighted by molar-refractivity contribution is 7.99. The lowest BCUT2D eigenvalue weighted by Crippen LogP contribution is -2.50. The second-order valence-electron chi connectivity index (χ2n) is 6.17. The number of rotatable bonds is 5. The molecule has 0 unspecified atom stereocenters. The molecule has 0 aromatic heterocycles. The van der Waals surface area contributed by atoms with Gasteiger partial charge in [0.2, 0.25) is 10.0 Å². The van der Waals surface area contributed by atoms with E-state index in [-0.39, 0.29) is 32.1 Å². The van der Waals surface area contributed by atoms with E-state index in [1.54, 1.807) is 0 Å². The van der Waals surface area contributed by atoms with Crippen LogP contribution in [0.1, 0.15) is 10.4 Å². The lowest BCUT2D eigenvalue weighted by molar-refractivity contribution is 0.0697. The number of hydrogen-bond donors (Lipinski definition) is 0. The second kappa shape index (κ2) is 8.72. The Kier molecular flexibility index (Phi) is 6.49. The lowest BCUT2D eigenvalue weighted by atomic mass is 10.2. The van der Waals surface area contributed by atoms with Crippen LogP contribution in [-0.4, -0.2) is 55.5 Å². The van der Waals surface area contributed by atoms with E-state index in [0.29, 0.717) is 28.3 Å². The van der Waals surface area contributed by atoms with Crippen LogP contribution in [0.5, 0.6) is 0 Å². The molecule has 11 heteroatoms. The Morgan fingerprint density at radius 2 is 1.59 bits per heavy atom. The van der Waals surface area contributed by atoms with Crippen LogP contribution in [0.3, 0.4) is 0 Å². The van der Waals surface area contributed by atoms with Gasteiger partial charge in [0.1, 0.15) is 16.5 Å². The summed E-state index contributed by atoms with van der Waals surface area (Å²) in [6.45, 7) is 0.0528. The van der Waals surface area contributed by atoms with Gasteiger partial charge in [-0.05, 0) is 36.4 Å². The number of amides is 1. The van der Waals surface area contributed by atoms with Crippen molar-refractivity contribution >= 4 is 27.7 Å². The van der Waals surface area contributed by atoms with Gasteiger partial charge >= 0.3 is 0 Å². The third-order valence-corrected chi connectivity index (χ3v) is 7.02. The van der Waals surface area contributed by atoms with Crippen LogP contribution in [0, 0.1) is 11.6 Å². The van der Waals surface area contributed by atoms with E-state index in [9.17, 15) is 30.8 Å². The smallest absolute Gasteiger partial charge is 0.288 e. The molecule has 0 N–H and O–H groups in total. The molecule has 0 aliphatic carbocycles. The summed E-state index contributed by atoms with van der Waals surface area (Å²) in [5.41, 5.74) is 0.296. The van der Waals surface area contributed by atoms with E-state index < -0.39 is 32.3 Å². The Hall–Kier alpha value is -2.11. The Morgan fingerprint density at radius 3 is 2.14 bits per heavy atom. The van der Waals surface area contributed by atoms with Gasteiger partial charge in [-0.3, -0.25) is 4.79 Å². The largest absolute Gasteiger partial charge is 0.336 e. The topological polar surface area (TPSA) is 57.7 Å². The zero-order chi connectivity index (χ0) is 21.2. The van der Waals surface area contributed by atoms with Crippen molar-refractivity contribution in [2.24, 2.45) is 0 Å². The Labute approximate surface area is 169 Å². The van der Waals surface area contributed by atoms with Crippen LogP contribution >= 0.6 is 11.8 Å². The molecule has 2 aromatic carbocycles. The summed E-state index contributed by atoms with van der Waals surface area (Å²) < 4.78 is 77.9. The maximum atomic E-state index is 13.9. The lowest BCUT2D eigenvalue weighted by Gasteiger charge is -2.34. The molecule has 1 saturated heterocycles. The fourth-order valence-corrected chi connectivity index (χ4v) is 4.88. The summed E-state index contributed by atoms with van der Waals surface area (Å²) in [4.78, 5) is 13.7. The van der Waals surface area contributed by atoms with Crippen molar-refractivity contribution in [1.29, 1.82) is 0 Å². The molecule has 29 heavy (non-hydrogen) atoms. The molecule has 1 fully saturated rings. The maximum absolute atomic E-state index is 13.9. The van der Waals surface area contributed by atoms with Crippen LogP contribution < -0.4 is 0 Å². The van der Waals surface area contributed by atoms with E-state index in [0.717, 1.165) is 16.4 Å². The third-order valence-electron chi connectivity index (χ3n) is 4.36. The zero-order valence-corrected chi connectivity index (χ0v) is 16.5. The van der Waals surface area contributed by atoms with Crippen molar-refractivity contribution in [2.75, 3.05) is 26.2 Å². The van der Waals surface area contributed by atoms with Gasteiger partial charge < -0.3 is 4.90 Å². The highest BCUT2D eigenvalue weighted by Crippen LogP contribution is 2.26. The van der Waals surface area contributed by atoms with Gasteiger partial charge in [0.25, 0.3) is 11.7 Å². The van der Waals surface area contributed by atoms with Crippen molar-refractivity contribution in [1.82, 2.24) is 9.21 Å². The van der Waals surface area contributed by atoms with Crippen molar-refractivity contribution < 1.29 is 30.8 Å². The molecule has 0 radical (unpaired) electrons. The van der Waals surface area contributed by atoms with Crippen LogP contribution in [0.25, 0.3) is 0 Å². The maximum Gasteiger partial charge on any atom is 0.288 e. The highest BCUT2D eigenvalue weighted by atomic mass is 32.2. The van der Waals surface area contributed by atoms with Crippen molar-refractivity contribution in [3.05, 3.63) is 59.7 Å². The molecule has 0 bridgehead atoms. The van der Waals surface area contributed by atoms with E-state index in [2.05, 4.69) is 0 Å². The van der Waals surface area contributed by atoms with Gasteiger partial charge in [0, 0.05) is 42.7 Å². The number of benzene rings is 2. The average Bonchev–Trinajstić information content (AvgIpc) is 2.67. The van der Waals surface area contributed by atoms with Gasteiger partial charge in [-0.15, -0.1) is 0 Å². The first-order chi connectivity index (χ1) is 13.7. The quantitative estimate of drug-likeness (QED) is 0.520. The number of carbonyl (C=O) groups excluding carboxylic acids is 1. The number of hydrogen-bond acceptors (Lipinski definition) is 4.